The summed E-state index contributed by atoms with van der Waals surface area (Å²) in [5, 5.41) is 1.77. The van der Waals surface area contributed by atoms with Gasteiger partial charge in [0.25, 0.3) is 5.91 Å². The monoisotopic (exact) mass is 343 g/mol. The summed E-state index contributed by atoms with van der Waals surface area (Å²) in [6.07, 6.45) is 2.35. The van der Waals surface area contributed by atoms with Crippen LogP contribution in [0.4, 0.5) is 0 Å². The molecule has 0 aliphatic carbocycles. The van der Waals surface area contributed by atoms with E-state index >= 15 is 0 Å². The van der Waals surface area contributed by atoms with E-state index in [0.29, 0.717) is 38.3 Å². The quantitative estimate of drug-likeness (QED) is 0.838. The van der Waals surface area contributed by atoms with Gasteiger partial charge in [-0.1, -0.05) is 30.3 Å². The number of benzene rings is 1. The van der Waals surface area contributed by atoms with Gasteiger partial charge in [0.05, 0.1) is 5.51 Å². The molecule has 0 radical (unpaired) electrons. The predicted molar refractivity (Wildman–Crippen MR) is 94.0 cm³/mol. The van der Waals surface area contributed by atoms with Gasteiger partial charge in [0.1, 0.15) is 5.69 Å². The fourth-order valence-electron chi connectivity index (χ4n) is 2.89. The first-order valence-corrected chi connectivity index (χ1v) is 9.17. The summed E-state index contributed by atoms with van der Waals surface area (Å²) in [6.45, 7) is 2.39. The second-order valence-corrected chi connectivity index (χ2v) is 6.60. The van der Waals surface area contributed by atoms with Gasteiger partial charge < -0.3 is 9.80 Å². The van der Waals surface area contributed by atoms with Crippen molar-refractivity contribution in [3.05, 3.63) is 52.5 Å². The van der Waals surface area contributed by atoms with Gasteiger partial charge >= 0.3 is 0 Å². The van der Waals surface area contributed by atoms with Gasteiger partial charge in [0, 0.05) is 38.0 Å². The summed E-state index contributed by atoms with van der Waals surface area (Å²) >= 11 is 1.42. The van der Waals surface area contributed by atoms with Gasteiger partial charge in [-0.2, -0.15) is 0 Å². The number of aryl methyl sites for hydroxylation is 1. The van der Waals surface area contributed by atoms with Gasteiger partial charge in [0.2, 0.25) is 5.91 Å². The number of hydrogen-bond donors (Lipinski definition) is 0. The van der Waals surface area contributed by atoms with Gasteiger partial charge in [0.15, 0.2) is 0 Å². The van der Waals surface area contributed by atoms with Crippen molar-refractivity contribution in [2.75, 3.05) is 26.2 Å². The maximum Gasteiger partial charge on any atom is 0.273 e. The number of rotatable bonds is 5. The highest BCUT2D eigenvalue weighted by atomic mass is 32.1. The summed E-state index contributed by atoms with van der Waals surface area (Å²) in [5.74, 6) is 0.152. The second-order valence-electron chi connectivity index (χ2n) is 5.89. The highest BCUT2D eigenvalue weighted by Crippen LogP contribution is 2.11. The zero-order valence-corrected chi connectivity index (χ0v) is 14.4. The Balaban J connectivity index is 1.41. The summed E-state index contributed by atoms with van der Waals surface area (Å²) in [4.78, 5) is 32.3. The Morgan fingerprint density at radius 1 is 1.04 bits per heavy atom. The molecule has 0 unspecified atom stereocenters. The Bertz CT molecular complexity index is 665. The molecule has 1 aromatic carbocycles. The van der Waals surface area contributed by atoms with Gasteiger partial charge in [-0.25, -0.2) is 4.98 Å². The molecular formula is C18H21N3O2S. The van der Waals surface area contributed by atoms with Crippen molar-refractivity contribution in [2.45, 2.75) is 19.3 Å². The molecule has 1 aliphatic heterocycles. The zero-order chi connectivity index (χ0) is 16.8. The molecule has 1 fully saturated rings. The summed E-state index contributed by atoms with van der Waals surface area (Å²) in [5.41, 5.74) is 3.44. The number of thiazole rings is 1. The van der Waals surface area contributed by atoms with Crippen molar-refractivity contribution in [1.82, 2.24) is 14.8 Å². The normalized spacial score (nSPS) is 14.7. The van der Waals surface area contributed by atoms with Gasteiger partial charge in [-0.05, 0) is 18.4 Å². The largest absolute Gasteiger partial charge is 0.339 e. The Morgan fingerprint density at radius 3 is 2.42 bits per heavy atom. The van der Waals surface area contributed by atoms with Crippen LogP contribution < -0.4 is 0 Å². The Hall–Kier alpha value is -2.21. The number of amides is 2. The maximum atomic E-state index is 12.3. The highest BCUT2D eigenvalue weighted by molar-refractivity contribution is 7.07. The van der Waals surface area contributed by atoms with Crippen LogP contribution in [0.25, 0.3) is 0 Å². The van der Waals surface area contributed by atoms with E-state index in [9.17, 15) is 9.59 Å². The molecule has 1 aromatic heterocycles. The Morgan fingerprint density at radius 2 is 1.75 bits per heavy atom. The molecule has 0 saturated carbocycles. The predicted octanol–water partition coefficient (Wildman–Crippen LogP) is 2.45. The summed E-state index contributed by atoms with van der Waals surface area (Å²) < 4.78 is 0. The number of aromatic nitrogens is 1. The molecule has 0 bridgehead atoms. The molecule has 1 saturated heterocycles. The molecule has 1 aliphatic rings. The number of carbonyl (C=O) groups excluding carboxylic acids is 2. The average molecular weight is 343 g/mol. The molecule has 2 heterocycles. The van der Waals surface area contributed by atoms with Crippen molar-refractivity contribution in [2.24, 2.45) is 0 Å². The first kappa shape index (κ1) is 16.6. The van der Waals surface area contributed by atoms with Crippen LogP contribution in [0, 0.1) is 0 Å². The van der Waals surface area contributed by atoms with Crippen LogP contribution in [0.3, 0.4) is 0 Å². The van der Waals surface area contributed by atoms with Crippen molar-refractivity contribution in [3.63, 3.8) is 0 Å². The van der Waals surface area contributed by atoms with Crippen molar-refractivity contribution in [1.29, 1.82) is 0 Å². The molecular weight excluding hydrogens is 322 g/mol. The first-order valence-electron chi connectivity index (χ1n) is 8.23. The fourth-order valence-corrected chi connectivity index (χ4v) is 3.41. The third-order valence-corrected chi connectivity index (χ3v) is 4.86. The van der Waals surface area contributed by atoms with Crippen molar-refractivity contribution in [3.8, 4) is 0 Å². The highest BCUT2D eigenvalue weighted by Gasteiger charge is 2.25. The van der Waals surface area contributed by atoms with Crippen molar-refractivity contribution < 1.29 is 9.59 Å². The number of carbonyl (C=O) groups is 2. The smallest absolute Gasteiger partial charge is 0.273 e. The molecule has 0 atom stereocenters. The fraction of sp³-hybridized carbons (Fsp3) is 0.389. The number of hydrogen-bond acceptors (Lipinski definition) is 4. The van der Waals surface area contributed by atoms with Crippen LogP contribution in [-0.4, -0.2) is 52.8 Å². The molecule has 2 aromatic rings. The molecule has 5 nitrogen and oxygen atoms in total. The van der Waals surface area contributed by atoms with E-state index in [-0.39, 0.29) is 11.8 Å². The Labute approximate surface area is 145 Å². The maximum absolute atomic E-state index is 12.3. The summed E-state index contributed by atoms with van der Waals surface area (Å²) in [6, 6.07) is 10.2. The minimum Gasteiger partial charge on any atom is -0.339 e. The first-order chi connectivity index (χ1) is 11.7. The SMILES string of the molecule is O=C(CCCc1ccccc1)N1CCN(C(=O)c2cscn2)CC1. The lowest BCUT2D eigenvalue weighted by Crippen LogP contribution is -2.50. The van der Waals surface area contributed by atoms with E-state index in [1.165, 1.54) is 16.9 Å². The van der Waals surface area contributed by atoms with E-state index in [0.717, 1.165) is 12.8 Å². The lowest BCUT2D eigenvalue weighted by molar-refractivity contribution is -0.132. The molecule has 3 rings (SSSR count). The van der Waals surface area contributed by atoms with Crippen LogP contribution in [0.1, 0.15) is 28.9 Å². The van der Waals surface area contributed by atoms with E-state index in [1.807, 2.05) is 23.1 Å². The minimum absolute atomic E-state index is 0.0348. The zero-order valence-electron chi connectivity index (χ0n) is 13.6. The number of piperazine rings is 1. The molecule has 6 heteroatoms. The van der Waals surface area contributed by atoms with Crippen LogP contribution >= 0.6 is 11.3 Å². The van der Waals surface area contributed by atoms with E-state index in [4.69, 9.17) is 0 Å². The van der Waals surface area contributed by atoms with E-state index < -0.39 is 0 Å². The van der Waals surface area contributed by atoms with E-state index in [2.05, 4.69) is 17.1 Å². The standard InChI is InChI=1S/C18H21N3O2S/c22-17(8-4-7-15-5-2-1-3-6-15)20-9-11-21(12-10-20)18(23)16-13-24-14-19-16/h1-3,5-6,13-14H,4,7-12H2. The lowest BCUT2D eigenvalue weighted by Gasteiger charge is -2.34. The van der Waals surface area contributed by atoms with E-state index in [1.54, 1.807) is 15.8 Å². The second kappa shape index (κ2) is 8.06. The third-order valence-electron chi connectivity index (χ3n) is 4.27. The topological polar surface area (TPSA) is 53.5 Å². The van der Waals surface area contributed by atoms with Crippen LogP contribution in [-0.2, 0) is 11.2 Å². The van der Waals surface area contributed by atoms with Gasteiger partial charge in [-0.3, -0.25) is 9.59 Å². The molecule has 2 amide bonds. The molecule has 24 heavy (non-hydrogen) atoms. The molecule has 0 spiro atoms. The third kappa shape index (κ3) is 4.20. The minimum atomic E-state index is -0.0348. The van der Waals surface area contributed by atoms with Crippen LogP contribution in [0.2, 0.25) is 0 Å². The summed E-state index contributed by atoms with van der Waals surface area (Å²) in [7, 11) is 0. The molecule has 126 valence electrons. The van der Waals surface area contributed by atoms with Crippen LogP contribution in [0.15, 0.2) is 41.2 Å². The Kier molecular flexibility index (Phi) is 5.59. The van der Waals surface area contributed by atoms with Crippen molar-refractivity contribution >= 4 is 23.2 Å². The average Bonchev–Trinajstić information content (AvgIpc) is 3.17. The lowest BCUT2D eigenvalue weighted by atomic mass is 10.1. The van der Waals surface area contributed by atoms with Gasteiger partial charge in [-0.15, -0.1) is 11.3 Å². The van der Waals surface area contributed by atoms with Crippen LogP contribution in [0.5, 0.6) is 0 Å². The number of nitrogens with zero attached hydrogens (tertiary/aromatic N) is 3. The molecule has 0 N–H and O–H groups in total.